The van der Waals surface area contributed by atoms with E-state index in [1.807, 2.05) is 6.92 Å². The summed E-state index contributed by atoms with van der Waals surface area (Å²) >= 11 is 0. The molecule has 1 aliphatic rings. The van der Waals surface area contributed by atoms with Crippen molar-refractivity contribution >= 4 is 5.97 Å². The molecule has 1 fully saturated rings. The predicted molar refractivity (Wildman–Crippen MR) is 69.0 cm³/mol. The Morgan fingerprint density at radius 1 is 1.59 bits per heavy atom. The third-order valence-electron chi connectivity index (χ3n) is 3.69. The van der Waals surface area contributed by atoms with Gasteiger partial charge in [-0.1, -0.05) is 0 Å². The van der Waals surface area contributed by atoms with Crippen molar-refractivity contribution in [1.82, 2.24) is 9.80 Å². The Balaban J connectivity index is 2.30. The fourth-order valence-electron chi connectivity index (χ4n) is 2.34. The molecular weight excluding hydrogens is 216 g/mol. The summed E-state index contributed by atoms with van der Waals surface area (Å²) in [6, 6.07) is 0.896. The van der Waals surface area contributed by atoms with Crippen LogP contribution in [0.15, 0.2) is 0 Å². The average Bonchev–Trinajstić information content (AvgIpc) is 2.64. The van der Waals surface area contributed by atoms with Crippen LogP contribution in [0, 0.1) is 0 Å². The molecule has 1 saturated heterocycles. The van der Waals surface area contributed by atoms with Gasteiger partial charge in [0.05, 0.1) is 13.0 Å². The van der Waals surface area contributed by atoms with Gasteiger partial charge in [0.15, 0.2) is 0 Å². The molecule has 1 heterocycles. The van der Waals surface area contributed by atoms with E-state index in [-0.39, 0.29) is 12.0 Å². The fourth-order valence-corrected chi connectivity index (χ4v) is 2.34. The largest absolute Gasteiger partial charge is 0.466 e. The molecule has 1 rings (SSSR count). The Kier molecular flexibility index (Phi) is 5.92. The van der Waals surface area contributed by atoms with Gasteiger partial charge in [-0.15, -0.1) is 0 Å². The molecule has 2 unspecified atom stereocenters. The lowest BCUT2D eigenvalue weighted by molar-refractivity contribution is -0.144. The molecule has 4 heteroatoms. The summed E-state index contributed by atoms with van der Waals surface area (Å²) in [5.41, 5.74) is 0. The molecule has 0 bridgehead atoms. The monoisotopic (exact) mass is 242 g/mol. The van der Waals surface area contributed by atoms with Crippen molar-refractivity contribution in [3.05, 3.63) is 0 Å². The zero-order chi connectivity index (χ0) is 12.8. The summed E-state index contributed by atoms with van der Waals surface area (Å²) in [6.07, 6.45) is 3.05. The van der Waals surface area contributed by atoms with Gasteiger partial charge >= 0.3 is 5.97 Å². The Morgan fingerprint density at radius 2 is 2.29 bits per heavy atom. The molecule has 0 aromatic carbocycles. The van der Waals surface area contributed by atoms with Gasteiger partial charge < -0.3 is 14.5 Å². The zero-order valence-electron chi connectivity index (χ0n) is 11.6. The van der Waals surface area contributed by atoms with Crippen molar-refractivity contribution in [2.45, 2.75) is 45.2 Å². The van der Waals surface area contributed by atoms with Crippen molar-refractivity contribution in [2.24, 2.45) is 0 Å². The number of hydrogen-bond acceptors (Lipinski definition) is 4. The second-order valence-corrected chi connectivity index (χ2v) is 5.07. The highest BCUT2D eigenvalue weighted by Crippen LogP contribution is 2.16. The normalized spacial score (nSPS) is 23.0. The molecule has 17 heavy (non-hydrogen) atoms. The van der Waals surface area contributed by atoms with E-state index in [0.717, 1.165) is 6.54 Å². The zero-order valence-corrected chi connectivity index (χ0v) is 11.6. The number of nitrogens with zero attached hydrogens (tertiary/aromatic N) is 2. The lowest BCUT2D eigenvalue weighted by atomic mass is 10.1. The average molecular weight is 242 g/mol. The standard InChI is InChI=1S/C13H26N2O2/c1-5-17-13(16)9-11(2)15(4)10-12-7-6-8-14(12)3/h11-12H,5-10H2,1-4H3. The van der Waals surface area contributed by atoms with Crippen LogP contribution in [0.2, 0.25) is 0 Å². The van der Waals surface area contributed by atoms with E-state index in [2.05, 4.69) is 30.8 Å². The molecule has 4 nitrogen and oxygen atoms in total. The Labute approximate surface area is 105 Å². The van der Waals surface area contributed by atoms with Crippen LogP contribution in [0.4, 0.5) is 0 Å². The minimum Gasteiger partial charge on any atom is -0.466 e. The maximum atomic E-state index is 11.4. The molecule has 0 aromatic rings. The van der Waals surface area contributed by atoms with E-state index < -0.39 is 0 Å². The summed E-state index contributed by atoms with van der Waals surface area (Å²) < 4.78 is 4.98. The van der Waals surface area contributed by atoms with Crippen LogP contribution in [0.3, 0.4) is 0 Å². The maximum Gasteiger partial charge on any atom is 0.307 e. The molecule has 0 radical (unpaired) electrons. The Morgan fingerprint density at radius 3 is 2.82 bits per heavy atom. The van der Waals surface area contributed by atoms with Crippen LogP contribution in [0.5, 0.6) is 0 Å². The quantitative estimate of drug-likeness (QED) is 0.658. The fraction of sp³-hybridized carbons (Fsp3) is 0.923. The van der Waals surface area contributed by atoms with E-state index >= 15 is 0 Å². The van der Waals surface area contributed by atoms with Crippen LogP contribution in [0.25, 0.3) is 0 Å². The SMILES string of the molecule is CCOC(=O)CC(C)N(C)CC1CCCN1C. The van der Waals surface area contributed by atoms with Gasteiger partial charge in [-0.3, -0.25) is 4.79 Å². The molecule has 0 aromatic heterocycles. The number of hydrogen-bond donors (Lipinski definition) is 0. The first kappa shape index (κ1) is 14.5. The molecule has 0 spiro atoms. The topological polar surface area (TPSA) is 32.8 Å². The first-order valence-electron chi connectivity index (χ1n) is 6.60. The predicted octanol–water partition coefficient (Wildman–Crippen LogP) is 1.35. The lowest BCUT2D eigenvalue weighted by Crippen LogP contribution is -2.41. The Bertz CT molecular complexity index is 246. The summed E-state index contributed by atoms with van der Waals surface area (Å²) in [5, 5.41) is 0. The third-order valence-corrected chi connectivity index (χ3v) is 3.69. The van der Waals surface area contributed by atoms with Crippen molar-refractivity contribution in [2.75, 3.05) is 33.8 Å². The first-order chi connectivity index (χ1) is 8.04. The van der Waals surface area contributed by atoms with Crippen molar-refractivity contribution in [3.8, 4) is 0 Å². The van der Waals surface area contributed by atoms with E-state index in [4.69, 9.17) is 4.74 Å². The molecule has 0 N–H and O–H groups in total. The van der Waals surface area contributed by atoms with E-state index in [1.165, 1.54) is 19.4 Å². The van der Waals surface area contributed by atoms with Gasteiger partial charge in [0.2, 0.25) is 0 Å². The summed E-state index contributed by atoms with van der Waals surface area (Å²) in [5.74, 6) is -0.0911. The first-order valence-corrected chi connectivity index (χ1v) is 6.60. The van der Waals surface area contributed by atoms with E-state index in [9.17, 15) is 4.79 Å². The molecule has 0 aliphatic carbocycles. The molecule has 1 aliphatic heterocycles. The van der Waals surface area contributed by atoms with Gasteiger partial charge in [-0.25, -0.2) is 0 Å². The number of likely N-dealkylation sites (tertiary alicyclic amines) is 1. The van der Waals surface area contributed by atoms with Crippen molar-refractivity contribution in [3.63, 3.8) is 0 Å². The number of rotatable bonds is 6. The van der Waals surface area contributed by atoms with Crippen LogP contribution < -0.4 is 0 Å². The highest BCUT2D eigenvalue weighted by Gasteiger charge is 2.24. The number of esters is 1. The van der Waals surface area contributed by atoms with E-state index in [0.29, 0.717) is 19.1 Å². The van der Waals surface area contributed by atoms with Crippen LogP contribution in [0.1, 0.15) is 33.1 Å². The van der Waals surface area contributed by atoms with Gasteiger partial charge in [-0.05, 0) is 47.3 Å². The van der Waals surface area contributed by atoms with Crippen molar-refractivity contribution in [1.29, 1.82) is 0 Å². The molecule has 2 atom stereocenters. The highest BCUT2D eigenvalue weighted by molar-refractivity contribution is 5.69. The second kappa shape index (κ2) is 6.97. The van der Waals surface area contributed by atoms with Gasteiger partial charge in [0.25, 0.3) is 0 Å². The summed E-state index contributed by atoms with van der Waals surface area (Å²) in [7, 11) is 4.28. The number of ether oxygens (including phenoxy) is 1. The molecule has 0 amide bonds. The number of likely N-dealkylation sites (N-methyl/N-ethyl adjacent to an activating group) is 2. The van der Waals surface area contributed by atoms with Crippen LogP contribution in [-0.2, 0) is 9.53 Å². The third kappa shape index (κ3) is 4.64. The molecule has 0 saturated carbocycles. The van der Waals surface area contributed by atoms with Gasteiger partial charge in [-0.2, -0.15) is 0 Å². The molecule has 100 valence electrons. The second-order valence-electron chi connectivity index (χ2n) is 5.07. The highest BCUT2D eigenvalue weighted by atomic mass is 16.5. The Hall–Kier alpha value is -0.610. The van der Waals surface area contributed by atoms with Crippen LogP contribution >= 0.6 is 0 Å². The maximum absolute atomic E-state index is 11.4. The summed E-state index contributed by atoms with van der Waals surface area (Å²) in [6.45, 7) is 6.65. The minimum absolute atomic E-state index is 0.0911. The van der Waals surface area contributed by atoms with Crippen molar-refractivity contribution < 1.29 is 9.53 Å². The number of carbonyl (C=O) groups is 1. The van der Waals surface area contributed by atoms with Gasteiger partial charge in [0.1, 0.15) is 0 Å². The van der Waals surface area contributed by atoms with Crippen LogP contribution in [-0.4, -0.2) is 61.6 Å². The minimum atomic E-state index is -0.0911. The van der Waals surface area contributed by atoms with E-state index in [1.54, 1.807) is 0 Å². The number of carbonyl (C=O) groups excluding carboxylic acids is 1. The van der Waals surface area contributed by atoms with Gasteiger partial charge in [0, 0.05) is 18.6 Å². The lowest BCUT2D eigenvalue weighted by Gasteiger charge is -2.29. The summed E-state index contributed by atoms with van der Waals surface area (Å²) in [4.78, 5) is 16.1. The smallest absolute Gasteiger partial charge is 0.307 e. The molecular formula is C13H26N2O2.